The van der Waals surface area contributed by atoms with Crippen molar-refractivity contribution < 1.29 is 18.8 Å². The summed E-state index contributed by atoms with van der Waals surface area (Å²) in [5, 5.41) is 3.23. The molecule has 0 aliphatic carbocycles. The number of amides is 1. The summed E-state index contributed by atoms with van der Waals surface area (Å²) >= 11 is 0. The fourth-order valence-corrected chi connectivity index (χ4v) is 3.87. The maximum absolute atomic E-state index is 12.3. The highest BCUT2D eigenvalue weighted by molar-refractivity contribution is 6.55. The van der Waals surface area contributed by atoms with Gasteiger partial charge in [-0.25, -0.2) is 4.79 Å². The van der Waals surface area contributed by atoms with Gasteiger partial charge in [-0.05, 0) is 78.7 Å². The molecular weight excluding hydrogens is 417 g/mol. The van der Waals surface area contributed by atoms with Crippen LogP contribution < -0.4 is 10.2 Å². The number of nitrogens with zero attached hydrogens (tertiary/aromatic N) is 2. The summed E-state index contributed by atoms with van der Waals surface area (Å²) < 4.78 is 18.0. The number of benzene rings is 1. The second-order valence-corrected chi connectivity index (χ2v) is 10.9. The molecule has 2 heterocycles. The Morgan fingerprint density at radius 1 is 1.06 bits per heavy atom. The Balaban J connectivity index is 1.64. The molecule has 1 aromatic carbocycles. The number of piperazine rings is 1. The quantitative estimate of drug-likeness (QED) is 0.675. The van der Waals surface area contributed by atoms with Gasteiger partial charge in [-0.1, -0.05) is 18.2 Å². The first kappa shape index (κ1) is 25.6. The highest BCUT2D eigenvalue weighted by atomic mass is 16.7. The number of anilines is 1. The first-order chi connectivity index (χ1) is 15.3. The standard InChI is InChI=1S/C25H40BN3O4/c1-23(2,3)31-22(30)29-15-13-28(14-16-29)21-11-9-19(10-12-21)17-20(18-27-8)26-32-24(4,5)25(6,7)33-26/h9-12,17,27H,13-16,18H2,1-8H3. The van der Waals surface area contributed by atoms with E-state index in [1.165, 1.54) is 0 Å². The maximum atomic E-state index is 12.3. The van der Waals surface area contributed by atoms with Crippen molar-refractivity contribution in [3.8, 4) is 0 Å². The predicted molar refractivity (Wildman–Crippen MR) is 134 cm³/mol. The van der Waals surface area contributed by atoms with Gasteiger partial charge >= 0.3 is 13.2 Å². The van der Waals surface area contributed by atoms with E-state index in [1.54, 1.807) is 4.90 Å². The van der Waals surface area contributed by atoms with Crippen LogP contribution in [0.3, 0.4) is 0 Å². The molecule has 8 heteroatoms. The minimum Gasteiger partial charge on any atom is -0.444 e. The highest BCUT2D eigenvalue weighted by Crippen LogP contribution is 2.38. The van der Waals surface area contributed by atoms with Crippen molar-refractivity contribution in [3.05, 3.63) is 35.3 Å². The molecule has 1 amide bonds. The summed E-state index contributed by atoms with van der Waals surface area (Å²) in [6.07, 6.45) is 1.91. The number of hydrogen-bond donors (Lipinski definition) is 1. The topological polar surface area (TPSA) is 63.3 Å². The van der Waals surface area contributed by atoms with E-state index in [0.717, 1.165) is 29.8 Å². The van der Waals surface area contributed by atoms with E-state index in [1.807, 2.05) is 27.8 Å². The number of nitrogens with one attached hydrogen (secondary N) is 1. The van der Waals surface area contributed by atoms with Crippen molar-refractivity contribution in [3.63, 3.8) is 0 Å². The molecule has 2 saturated heterocycles. The van der Waals surface area contributed by atoms with Crippen LogP contribution in [0.4, 0.5) is 10.5 Å². The number of carbonyl (C=O) groups is 1. The van der Waals surface area contributed by atoms with Crippen molar-refractivity contribution in [1.82, 2.24) is 10.2 Å². The first-order valence-electron chi connectivity index (χ1n) is 11.8. The van der Waals surface area contributed by atoms with Gasteiger partial charge < -0.3 is 29.2 Å². The first-order valence-corrected chi connectivity index (χ1v) is 11.8. The molecule has 2 fully saturated rings. The summed E-state index contributed by atoms with van der Waals surface area (Å²) in [7, 11) is 1.56. The molecule has 2 aliphatic heterocycles. The Morgan fingerprint density at radius 3 is 2.09 bits per heavy atom. The minimum absolute atomic E-state index is 0.234. The van der Waals surface area contributed by atoms with Crippen LogP contribution in [0.1, 0.15) is 54.0 Å². The molecule has 0 saturated carbocycles. The fourth-order valence-electron chi connectivity index (χ4n) is 3.87. The third-order valence-electron chi connectivity index (χ3n) is 6.48. The molecule has 0 spiro atoms. The van der Waals surface area contributed by atoms with Crippen LogP contribution in [0.5, 0.6) is 0 Å². The van der Waals surface area contributed by atoms with E-state index in [4.69, 9.17) is 14.0 Å². The lowest BCUT2D eigenvalue weighted by Crippen LogP contribution is -2.50. The summed E-state index contributed by atoms with van der Waals surface area (Å²) in [5.74, 6) is 0. The molecule has 2 aliphatic rings. The van der Waals surface area contributed by atoms with Gasteiger partial charge in [-0.2, -0.15) is 0 Å². The Hall–Kier alpha value is -2.03. The van der Waals surface area contributed by atoms with Crippen molar-refractivity contribution in [2.75, 3.05) is 44.7 Å². The zero-order valence-corrected chi connectivity index (χ0v) is 21.5. The monoisotopic (exact) mass is 457 g/mol. The third-order valence-corrected chi connectivity index (χ3v) is 6.48. The lowest BCUT2D eigenvalue weighted by molar-refractivity contribution is 0.00578. The number of hydrogen-bond acceptors (Lipinski definition) is 6. The van der Waals surface area contributed by atoms with Gasteiger partial charge in [-0.3, -0.25) is 0 Å². The average Bonchev–Trinajstić information content (AvgIpc) is 2.94. The van der Waals surface area contributed by atoms with Crippen LogP contribution in [0.2, 0.25) is 0 Å². The summed E-state index contributed by atoms with van der Waals surface area (Å²) in [6.45, 7) is 17.5. The summed E-state index contributed by atoms with van der Waals surface area (Å²) in [4.78, 5) is 16.4. The predicted octanol–water partition coefficient (Wildman–Crippen LogP) is 3.98. The van der Waals surface area contributed by atoms with E-state index in [2.05, 4.69) is 68.3 Å². The van der Waals surface area contributed by atoms with Crippen molar-refractivity contribution in [2.24, 2.45) is 0 Å². The van der Waals surface area contributed by atoms with Crippen molar-refractivity contribution in [2.45, 2.75) is 65.3 Å². The molecule has 0 atom stereocenters. The van der Waals surface area contributed by atoms with Crippen LogP contribution >= 0.6 is 0 Å². The molecule has 3 rings (SSSR count). The summed E-state index contributed by atoms with van der Waals surface area (Å²) in [5.41, 5.74) is 2.12. The third kappa shape index (κ3) is 6.31. The average molecular weight is 457 g/mol. The molecule has 0 radical (unpaired) electrons. The lowest BCUT2D eigenvalue weighted by Gasteiger charge is -2.36. The van der Waals surface area contributed by atoms with E-state index in [-0.39, 0.29) is 24.4 Å². The van der Waals surface area contributed by atoms with Gasteiger partial charge in [0.25, 0.3) is 0 Å². The van der Waals surface area contributed by atoms with Gasteiger partial charge in [0.2, 0.25) is 0 Å². The van der Waals surface area contributed by atoms with Crippen LogP contribution in [0, 0.1) is 0 Å². The number of carbonyl (C=O) groups excluding carboxylic acids is 1. The zero-order chi connectivity index (χ0) is 24.4. The number of ether oxygens (including phenoxy) is 1. The van der Waals surface area contributed by atoms with E-state index in [0.29, 0.717) is 19.6 Å². The molecule has 1 aromatic rings. The van der Waals surface area contributed by atoms with Crippen LogP contribution in [-0.2, 0) is 14.0 Å². The minimum atomic E-state index is -0.468. The molecule has 33 heavy (non-hydrogen) atoms. The second kappa shape index (κ2) is 9.68. The van der Waals surface area contributed by atoms with Crippen molar-refractivity contribution >= 4 is 25.0 Å². The molecule has 0 aromatic heterocycles. The zero-order valence-electron chi connectivity index (χ0n) is 21.5. The largest absolute Gasteiger partial charge is 0.491 e. The van der Waals surface area contributed by atoms with Crippen LogP contribution in [0.15, 0.2) is 29.7 Å². The van der Waals surface area contributed by atoms with E-state index >= 15 is 0 Å². The van der Waals surface area contributed by atoms with E-state index in [9.17, 15) is 4.79 Å². The molecule has 7 nitrogen and oxygen atoms in total. The Morgan fingerprint density at radius 2 is 1.61 bits per heavy atom. The van der Waals surface area contributed by atoms with Crippen LogP contribution in [-0.4, -0.2) is 74.7 Å². The SMILES string of the molecule is CNCC(=Cc1ccc(N2CCN(C(=O)OC(C)(C)C)CC2)cc1)B1OC(C)(C)C(C)(C)O1. The Kier molecular flexibility index (Phi) is 7.51. The van der Waals surface area contributed by atoms with Crippen molar-refractivity contribution in [1.29, 1.82) is 0 Å². The fraction of sp³-hybridized carbons (Fsp3) is 0.640. The van der Waals surface area contributed by atoms with Gasteiger partial charge in [-0.15, -0.1) is 0 Å². The van der Waals surface area contributed by atoms with Crippen LogP contribution in [0.25, 0.3) is 6.08 Å². The number of rotatable bonds is 5. The molecular formula is C25H40BN3O4. The van der Waals surface area contributed by atoms with E-state index < -0.39 is 5.60 Å². The summed E-state index contributed by atoms with van der Waals surface area (Å²) in [6, 6.07) is 8.51. The Bertz CT molecular complexity index is 837. The van der Waals surface area contributed by atoms with Gasteiger partial charge in [0.05, 0.1) is 11.2 Å². The number of likely N-dealkylation sites (N-methyl/N-ethyl adjacent to an activating group) is 1. The van der Waals surface area contributed by atoms with Gasteiger partial charge in [0, 0.05) is 38.4 Å². The molecule has 1 N–H and O–H groups in total. The Labute approximate surface area is 199 Å². The molecule has 0 bridgehead atoms. The highest BCUT2D eigenvalue weighted by Gasteiger charge is 2.52. The van der Waals surface area contributed by atoms with Gasteiger partial charge in [0.15, 0.2) is 0 Å². The normalized spacial score (nSPS) is 20.8. The van der Waals surface area contributed by atoms with Gasteiger partial charge in [0.1, 0.15) is 5.60 Å². The molecule has 182 valence electrons. The maximum Gasteiger partial charge on any atom is 0.491 e. The smallest absolute Gasteiger partial charge is 0.444 e. The molecule has 0 unspecified atom stereocenters. The lowest BCUT2D eigenvalue weighted by atomic mass is 9.77. The second-order valence-electron chi connectivity index (χ2n) is 10.9.